The minimum absolute atomic E-state index is 0.0385. The second kappa shape index (κ2) is 11.5. The van der Waals surface area contributed by atoms with Crippen LogP contribution in [0.2, 0.25) is 0 Å². The summed E-state index contributed by atoms with van der Waals surface area (Å²) in [4.78, 5) is 39.1. The number of rotatable bonds is 8. The van der Waals surface area contributed by atoms with Crippen LogP contribution in [0.1, 0.15) is 48.4 Å². The van der Waals surface area contributed by atoms with Crippen molar-refractivity contribution in [3.8, 4) is 11.5 Å². The van der Waals surface area contributed by atoms with Crippen molar-refractivity contribution in [2.75, 3.05) is 23.4 Å². The van der Waals surface area contributed by atoms with Gasteiger partial charge in [-0.3, -0.25) is 14.4 Å². The molecule has 1 fully saturated rings. The molecule has 1 aliphatic rings. The van der Waals surface area contributed by atoms with Gasteiger partial charge in [-0.2, -0.15) is 0 Å². The van der Waals surface area contributed by atoms with Crippen LogP contribution in [0, 0.1) is 26.7 Å². The molecule has 0 saturated carbocycles. The number of amides is 2. The Kier molecular flexibility index (Phi) is 8.15. The molecule has 0 spiro atoms. The van der Waals surface area contributed by atoms with Gasteiger partial charge >= 0.3 is 5.97 Å². The van der Waals surface area contributed by atoms with E-state index in [2.05, 4.69) is 31.3 Å². The Hall–Kier alpha value is -4.13. The second-order valence-electron chi connectivity index (χ2n) is 10.2. The summed E-state index contributed by atoms with van der Waals surface area (Å²) in [5.74, 6) is 0.0255. The third-order valence-corrected chi connectivity index (χ3v) is 6.63. The zero-order valence-electron chi connectivity index (χ0n) is 22.5. The number of nitrogens with one attached hydrogen (secondary N) is 1. The first-order valence-electron chi connectivity index (χ1n) is 12.8. The van der Waals surface area contributed by atoms with Crippen LogP contribution in [0.25, 0.3) is 0 Å². The van der Waals surface area contributed by atoms with Crippen LogP contribution in [-0.2, 0) is 19.1 Å². The molecule has 0 aliphatic carbocycles. The number of benzene rings is 3. The van der Waals surface area contributed by atoms with Gasteiger partial charge in [0.1, 0.15) is 11.5 Å². The van der Waals surface area contributed by atoms with E-state index < -0.39 is 24.4 Å². The van der Waals surface area contributed by atoms with Crippen molar-refractivity contribution in [2.45, 2.75) is 47.0 Å². The lowest BCUT2D eigenvalue weighted by Crippen LogP contribution is -2.28. The lowest BCUT2D eigenvalue weighted by Gasteiger charge is -2.18. The molecule has 1 saturated heterocycles. The van der Waals surface area contributed by atoms with E-state index in [9.17, 15) is 14.4 Å². The molecule has 0 bridgehead atoms. The molecule has 1 heterocycles. The van der Waals surface area contributed by atoms with Gasteiger partial charge in [0.2, 0.25) is 5.91 Å². The van der Waals surface area contributed by atoms with Gasteiger partial charge in [-0.1, -0.05) is 43.7 Å². The highest BCUT2D eigenvalue weighted by molar-refractivity contribution is 6.00. The molecule has 2 amide bonds. The third-order valence-electron chi connectivity index (χ3n) is 6.63. The molecule has 1 N–H and O–H groups in total. The third kappa shape index (κ3) is 6.40. The first kappa shape index (κ1) is 26.9. The maximum Gasteiger partial charge on any atom is 0.311 e. The van der Waals surface area contributed by atoms with E-state index in [-0.39, 0.29) is 18.9 Å². The van der Waals surface area contributed by atoms with Gasteiger partial charge in [0.25, 0.3) is 5.91 Å². The Bertz CT molecular complexity index is 1350. The highest BCUT2D eigenvalue weighted by atomic mass is 16.5. The number of aryl methyl sites for hydroxylation is 3. The van der Waals surface area contributed by atoms with Gasteiger partial charge in [-0.05, 0) is 79.8 Å². The average molecular weight is 515 g/mol. The van der Waals surface area contributed by atoms with Crippen molar-refractivity contribution < 1.29 is 23.9 Å². The highest BCUT2D eigenvalue weighted by Crippen LogP contribution is 2.33. The lowest BCUT2D eigenvalue weighted by molar-refractivity contribution is -0.151. The molecule has 3 aromatic carbocycles. The molecule has 4 rings (SSSR count). The number of carbonyl (C=O) groups excluding carboxylic acids is 3. The molecule has 3 aromatic rings. The number of hydrogen-bond acceptors (Lipinski definition) is 5. The van der Waals surface area contributed by atoms with Crippen molar-refractivity contribution in [3.63, 3.8) is 0 Å². The van der Waals surface area contributed by atoms with Crippen LogP contribution in [0.3, 0.4) is 0 Å². The van der Waals surface area contributed by atoms with Crippen molar-refractivity contribution >= 4 is 29.2 Å². The number of anilines is 2. The van der Waals surface area contributed by atoms with Crippen LogP contribution < -0.4 is 15.0 Å². The van der Waals surface area contributed by atoms with Gasteiger partial charge in [-0.25, -0.2) is 0 Å². The van der Waals surface area contributed by atoms with Crippen LogP contribution in [0.5, 0.6) is 11.5 Å². The molecule has 7 heteroatoms. The minimum atomic E-state index is -0.631. The summed E-state index contributed by atoms with van der Waals surface area (Å²) < 4.78 is 11.4. The maximum absolute atomic E-state index is 12.7. The highest BCUT2D eigenvalue weighted by Gasteiger charge is 2.36. The summed E-state index contributed by atoms with van der Waals surface area (Å²) >= 11 is 0. The van der Waals surface area contributed by atoms with Gasteiger partial charge < -0.3 is 19.7 Å². The largest absolute Gasteiger partial charge is 0.457 e. The summed E-state index contributed by atoms with van der Waals surface area (Å²) in [5, 5.41) is 2.76. The molecule has 0 unspecified atom stereocenters. The number of ether oxygens (including phenoxy) is 2. The Morgan fingerprint density at radius 2 is 1.66 bits per heavy atom. The Labute approximate surface area is 223 Å². The first-order chi connectivity index (χ1) is 18.1. The average Bonchev–Trinajstić information content (AvgIpc) is 3.26. The fraction of sp³-hybridized carbons (Fsp3) is 0.323. The van der Waals surface area contributed by atoms with E-state index in [4.69, 9.17) is 9.47 Å². The quantitative estimate of drug-likeness (QED) is 0.369. The predicted octanol–water partition coefficient (Wildman–Crippen LogP) is 6.06. The predicted molar refractivity (Wildman–Crippen MR) is 148 cm³/mol. The van der Waals surface area contributed by atoms with E-state index in [1.165, 1.54) is 0 Å². The lowest BCUT2D eigenvalue weighted by atomic mass is 10.0. The molecule has 198 valence electrons. The number of esters is 1. The van der Waals surface area contributed by atoms with E-state index in [1.54, 1.807) is 4.90 Å². The van der Waals surface area contributed by atoms with E-state index in [1.807, 2.05) is 69.3 Å². The molecule has 1 atom stereocenters. The van der Waals surface area contributed by atoms with Gasteiger partial charge in [0.05, 0.1) is 5.92 Å². The van der Waals surface area contributed by atoms with Crippen LogP contribution in [0.4, 0.5) is 11.4 Å². The maximum atomic E-state index is 12.7. The standard InChI is InChI=1S/C31H34N2O5/c1-19(2)26-12-6-21(4)15-28(26)38-25-10-8-24(9-11-25)33-17-23(16-30(33)35)31(36)37-18-29(34)32-27-13-7-20(3)14-22(27)5/h6-15,19,23H,16-18H2,1-5H3,(H,32,34)/t23-/m1/s1. The molecule has 7 nitrogen and oxygen atoms in total. The summed E-state index contributed by atoms with van der Waals surface area (Å²) in [6.45, 7) is 9.95. The Morgan fingerprint density at radius 3 is 2.34 bits per heavy atom. The molecule has 0 radical (unpaired) electrons. The molecular formula is C31H34N2O5. The van der Waals surface area contributed by atoms with E-state index in [0.717, 1.165) is 28.0 Å². The van der Waals surface area contributed by atoms with Crippen molar-refractivity contribution in [1.82, 2.24) is 0 Å². The van der Waals surface area contributed by atoms with Crippen LogP contribution in [-0.4, -0.2) is 30.9 Å². The Balaban J connectivity index is 1.33. The second-order valence-corrected chi connectivity index (χ2v) is 10.2. The number of carbonyl (C=O) groups is 3. The molecular weight excluding hydrogens is 480 g/mol. The number of hydrogen-bond donors (Lipinski definition) is 1. The number of nitrogens with zero attached hydrogens (tertiary/aromatic N) is 1. The SMILES string of the molecule is Cc1ccc(NC(=O)COC(=O)[C@@H]2CC(=O)N(c3ccc(Oc4cc(C)ccc4C(C)C)cc3)C2)c(C)c1. The van der Waals surface area contributed by atoms with Crippen molar-refractivity contribution in [1.29, 1.82) is 0 Å². The smallest absolute Gasteiger partial charge is 0.311 e. The fourth-order valence-corrected chi connectivity index (χ4v) is 4.54. The van der Waals surface area contributed by atoms with Gasteiger partial charge in [-0.15, -0.1) is 0 Å². The minimum Gasteiger partial charge on any atom is -0.457 e. The molecule has 0 aromatic heterocycles. The van der Waals surface area contributed by atoms with Crippen LogP contribution >= 0.6 is 0 Å². The summed E-state index contributed by atoms with van der Waals surface area (Å²) in [6, 6.07) is 19.1. The summed E-state index contributed by atoms with van der Waals surface area (Å²) in [6.07, 6.45) is 0.0385. The van der Waals surface area contributed by atoms with E-state index >= 15 is 0 Å². The first-order valence-corrected chi connectivity index (χ1v) is 12.8. The van der Waals surface area contributed by atoms with Gasteiger partial charge in [0.15, 0.2) is 6.61 Å². The molecule has 38 heavy (non-hydrogen) atoms. The van der Waals surface area contributed by atoms with Crippen LogP contribution in [0.15, 0.2) is 60.7 Å². The zero-order chi connectivity index (χ0) is 27.4. The van der Waals surface area contributed by atoms with E-state index in [0.29, 0.717) is 23.0 Å². The monoisotopic (exact) mass is 514 g/mol. The van der Waals surface area contributed by atoms with Crippen molar-refractivity contribution in [3.05, 3.63) is 82.9 Å². The van der Waals surface area contributed by atoms with Crippen molar-refractivity contribution in [2.24, 2.45) is 5.92 Å². The Morgan fingerprint density at radius 1 is 0.974 bits per heavy atom. The van der Waals surface area contributed by atoms with Gasteiger partial charge in [0, 0.05) is 24.3 Å². The zero-order valence-corrected chi connectivity index (χ0v) is 22.5. The summed E-state index contributed by atoms with van der Waals surface area (Å²) in [5.41, 5.74) is 5.61. The normalized spacial score (nSPS) is 15.1. The fourth-order valence-electron chi connectivity index (χ4n) is 4.54. The summed E-state index contributed by atoms with van der Waals surface area (Å²) in [7, 11) is 0. The topological polar surface area (TPSA) is 84.9 Å². The molecule has 1 aliphatic heterocycles.